The minimum atomic E-state index is -1.04. The lowest BCUT2D eigenvalue weighted by Crippen LogP contribution is -2.37. The summed E-state index contributed by atoms with van der Waals surface area (Å²) in [5, 5.41) is 8.85. The molecule has 7 heteroatoms. The van der Waals surface area contributed by atoms with Crippen LogP contribution in [-0.4, -0.2) is 41.6 Å². The molecule has 0 saturated carbocycles. The quantitative estimate of drug-likeness (QED) is 0.924. The van der Waals surface area contributed by atoms with Crippen LogP contribution in [0, 0.1) is 11.6 Å². The molecule has 1 aliphatic rings. The lowest BCUT2D eigenvalue weighted by molar-refractivity contribution is -0.137. The van der Waals surface area contributed by atoms with Gasteiger partial charge >= 0.3 is 5.97 Å². The first-order chi connectivity index (χ1) is 9.95. The molecule has 0 aromatic heterocycles. The fraction of sp³-hybridized carbons (Fsp3) is 0.429. The number of carboxylic acids is 1. The van der Waals surface area contributed by atoms with E-state index in [4.69, 9.17) is 9.84 Å². The van der Waals surface area contributed by atoms with E-state index in [-0.39, 0.29) is 6.42 Å². The molecule has 1 aromatic rings. The first-order valence-electron chi connectivity index (χ1n) is 6.50. The molecule has 0 spiro atoms. The molecule has 1 aliphatic heterocycles. The lowest BCUT2D eigenvalue weighted by atomic mass is 10.1. The Morgan fingerprint density at radius 1 is 1.38 bits per heavy atom. The number of carbonyl (C=O) groups is 2. The van der Waals surface area contributed by atoms with Gasteiger partial charge in [-0.15, -0.1) is 0 Å². The fourth-order valence-corrected chi connectivity index (χ4v) is 2.59. The summed E-state index contributed by atoms with van der Waals surface area (Å²) in [7, 11) is 1.15. The summed E-state index contributed by atoms with van der Waals surface area (Å²) in [6, 6.07) is 1.22. The van der Waals surface area contributed by atoms with E-state index >= 15 is 0 Å². The van der Waals surface area contributed by atoms with Crippen molar-refractivity contribution < 1.29 is 28.2 Å². The van der Waals surface area contributed by atoms with Gasteiger partial charge in [0.1, 0.15) is 11.4 Å². The SMILES string of the molecule is COc1c(F)ccc(F)c1C(=O)N1CCCC1CC(=O)O. The minimum Gasteiger partial charge on any atom is -0.493 e. The maximum Gasteiger partial charge on any atom is 0.305 e. The third kappa shape index (κ3) is 2.96. The topological polar surface area (TPSA) is 66.8 Å². The third-order valence-corrected chi connectivity index (χ3v) is 3.53. The molecule has 1 amide bonds. The number of rotatable bonds is 4. The van der Waals surface area contributed by atoms with Gasteiger partial charge in [0, 0.05) is 12.6 Å². The van der Waals surface area contributed by atoms with Crippen LogP contribution in [0.1, 0.15) is 29.6 Å². The van der Waals surface area contributed by atoms with Crippen molar-refractivity contribution in [2.75, 3.05) is 13.7 Å². The molecule has 21 heavy (non-hydrogen) atoms. The van der Waals surface area contributed by atoms with E-state index in [1.54, 1.807) is 0 Å². The van der Waals surface area contributed by atoms with Crippen LogP contribution in [-0.2, 0) is 4.79 Å². The molecule has 1 heterocycles. The van der Waals surface area contributed by atoms with Crippen molar-refractivity contribution >= 4 is 11.9 Å². The number of hydrogen-bond acceptors (Lipinski definition) is 3. The van der Waals surface area contributed by atoms with Crippen LogP contribution in [0.2, 0.25) is 0 Å². The number of carbonyl (C=O) groups excluding carboxylic acids is 1. The van der Waals surface area contributed by atoms with Crippen LogP contribution < -0.4 is 4.74 Å². The summed E-state index contributed by atoms with van der Waals surface area (Å²) in [5.74, 6) is -3.96. The van der Waals surface area contributed by atoms with E-state index in [0.29, 0.717) is 19.4 Å². The lowest BCUT2D eigenvalue weighted by Gasteiger charge is -2.24. The van der Waals surface area contributed by atoms with Crippen molar-refractivity contribution in [1.29, 1.82) is 0 Å². The number of nitrogens with zero attached hydrogens (tertiary/aromatic N) is 1. The average Bonchev–Trinajstić information content (AvgIpc) is 2.87. The van der Waals surface area contributed by atoms with E-state index in [2.05, 4.69) is 0 Å². The Labute approximate surface area is 120 Å². The summed E-state index contributed by atoms with van der Waals surface area (Å²) in [4.78, 5) is 24.5. The summed E-state index contributed by atoms with van der Waals surface area (Å²) in [6.07, 6.45) is 0.936. The van der Waals surface area contributed by atoms with Crippen LogP contribution >= 0.6 is 0 Å². The second-order valence-corrected chi connectivity index (χ2v) is 4.83. The van der Waals surface area contributed by atoms with Gasteiger partial charge in [0.05, 0.1) is 13.5 Å². The summed E-state index contributed by atoms with van der Waals surface area (Å²) >= 11 is 0. The van der Waals surface area contributed by atoms with Crippen LogP contribution in [0.5, 0.6) is 5.75 Å². The van der Waals surface area contributed by atoms with Crippen molar-refractivity contribution in [1.82, 2.24) is 4.90 Å². The van der Waals surface area contributed by atoms with E-state index in [1.165, 1.54) is 4.90 Å². The zero-order valence-electron chi connectivity index (χ0n) is 11.4. The molecule has 5 nitrogen and oxygen atoms in total. The molecule has 1 fully saturated rings. The molecule has 1 atom stereocenters. The van der Waals surface area contributed by atoms with Gasteiger partial charge in [-0.3, -0.25) is 9.59 Å². The Bertz CT molecular complexity index is 576. The Balaban J connectivity index is 2.36. The van der Waals surface area contributed by atoms with Gasteiger partial charge in [-0.25, -0.2) is 8.78 Å². The predicted molar refractivity (Wildman–Crippen MR) is 69.2 cm³/mol. The molecular weight excluding hydrogens is 284 g/mol. The molecule has 0 aliphatic carbocycles. The van der Waals surface area contributed by atoms with E-state index in [9.17, 15) is 18.4 Å². The minimum absolute atomic E-state index is 0.217. The first-order valence-corrected chi connectivity index (χ1v) is 6.50. The highest BCUT2D eigenvalue weighted by Gasteiger charge is 2.34. The number of benzene rings is 1. The molecule has 1 saturated heterocycles. The Morgan fingerprint density at radius 3 is 2.67 bits per heavy atom. The van der Waals surface area contributed by atoms with Gasteiger partial charge in [0.15, 0.2) is 11.6 Å². The Morgan fingerprint density at radius 2 is 2.05 bits per heavy atom. The predicted octanol–water partition coefficient (Wildman–Crippen LogP) is 2.05. The van der Waals surface area contributed by atoms with Crippen molar-refractivity contribution in [3.05, 3.63) is 29.3 Å². The molecule has 1 unspecified atom stereocenters. The summed E-state index contributed by atoms with van der Waals surface area (Å²) in [6.45, 7) is 0.315. The molecular formula is C14H15F2NO4. The van der Waals surface area contributed by atoms with E-state index in [0.717, 1.165) is 19.2 Å². The standard InChI is InChI=1S/C14H15F2NO4/c1-21-13-10(16)5-4-9(15)12(13)14(20)17-6-2-3-8(17)7-11(18)19/h4-5,8H,2-3,6-7H2,1H3,(H,18,19). The smallest absolute Gasteiger partial charge is 0.305 e. The average molecular weight is 299 g/mol. The van der Waals surface area contributed by atoms with Gasteiger partial charge in [-0.2, -0.15) is 0 Å². The Kier molecular flexibility index (Phi) is 4.40. The van der Waals surface area contributed by atoms with Crippen LogP contribution in [0.15, 0.2) is 12.1 Å². The van der Waals surface area contributed by atoms with Crippen molar-refractivity contribution in [3.8, 4) is 5.75 Å². The Hall–Kier alpha value is -2.18. The number of hydrogen-bond donors (Lipinski definition) is 1. The van der Waals surface area contributed by atoms with Crippen LogP contribution in [0.25, 0.3) is 0 Å². The fourth-order valence-electron chi connectivity index (χ4n) is 2.59. The molecule has 0 radical (unpaired) electrons. The van der Waals surface area contributed by atoms with Gasteiger partial charge in [-0.05, 0) is 25.0 Å². The highest BCUT2D eigenvalue weighted by atomic mass is 19.1. The zero-order valence-corrected chi connectivity index (χ0v) is 11.4. The van der Waals surface area contributed by atoms with Crippen LogP contribution in [0.4, 0.5) is 8.78 Å². The van der Waals surface area contributed by atoms with Crippen molar-refractivity contribution in [3.63, 3.8) is 0 Å². The number of carboxylic acid groups (broad SMARTS) is 1. The molecule has 0 bridgehead atoms. The highest BCUT2D eigenvalue weighted by Crippen LogP contribution is 2.30. The maximum absolute atomic E-state index is 13.9. The second-order valence-electron chi connectivity index (χ2n) is 4.83. The molecule has 1 N–H and O–H groups in total. The third-order valence-electron chi connectivity index (χ3n) is 3.53. The monoisotopic (exact) mass is 299 g/mol. The number of halogens is 2. The molecule has 1 aromatic carbocycles. The summed E-state index contributed by atoms with van der Waals surface area (Å²) in [5.41, 5.74) is -0.491. The number of ether oxygens (including phenoxy) is 1. The van der Waals surface area contributed by atoms with Gasteiger partial charge in [-0.1, -0.05) is 0 Å². The number of amides is 1. The number of likely N-dealkylation sites (tertiary alicyclic amines) is 1. The zero-order chi connectivity index (χ0) is 15.6. The van der Waals surface area contributed by atoms with E-state index < -0.39 is 40.9 Å². The number of methoxy groups -OCH3 is 1. The second kappa shape index (κ2) is 6.07. The van der Waals surface area contributed by atoms with Crippen LogP contribution in [0.3, 0.4) is 0 Å². The number of aliphatic carboxylic acids is 1. The van der Waals surface area contributed by atoms with Gasteiger partial charge < -0.3 is 14.7 Å². The highest BCUT2D eigenvalue weighted by molar-refractivity contribution is 5.97. The molecule has 114 valence electrons. The van der Waals surface area contributed by atoms with Crippen molar-refractivity contribution in [2.24, 2.45) is 0 Å². The van der Waals surface area contributed by atoms with Gasteiger partial charge in [0.25, 0.3) is 5.91 Å². The normalized spacial score (nSPS) is 17.9. The maximum atomic E-state index is 13.9. The molecule has 2 rings (SSSR count). The summed E-state index contributed by atoms with van der Waals surface area (Å²) < 4.78 is 32.3. The van der Waals surface area contributed by atoms with Crippen molar-refractivity contribution in [2.45, 2.75) is 25.3 Å². The largest absolute Gasteiger partial charge is 0.493 e. The first kappa shape index (κ1) is 15.2. The van der Waals surface area contributed by atoms with Gasteiger partial charge in [0.2, 0.25) is 0 Å². The van der Waals surface area contributed by atoms with E-state index in [1.807, 2.05) is 0 Å².